The summed E-state index contributed by atoms with van der Waals surface area (Å²) >= 11 is 0. The molecule has 7 heteroatoms. The summed E-state index contributed by atoms with van der Waals surface area (Å²) in [5.41, 5.74) is 6.90. The normalized spacial score (nSPS) is 25.0. The van der Waals surface area contributed by atoms with Crippen molar-refractivity contribution in [1.29, 1.82) is 0 Å². The molecule has 2 rings (SSSR count). The van der Waals surface area contributed by atoms with Crippen LogP contribution in [-0.2, 0) is 11.3 Å². The molecule has 0 bridgehead atoms. The van der Waals surface area contributed by atoms with Crippen LogP contribution >= 0.6 is 0 Å². The first kappa shape index (κ1) is 15.7. The monoisotopic (exact) mass is 294 g/mol. The lowest BCUT2D eigenvalue weighted by Gasteiger charge is -2.13. The highest BCUT2D eigenvalue weighted by Gasteiger charge is 2.34. The molecule has 3 atom stereocenters. The maximum Gasteiger partial charge on any atom is 0.348 e. The Hall–Kier alpha value is -1.73. The van der Waals surface area contributed by atoms with Gasteiger partial charge in [-0.05, 0) is 32.8 Å². The van der Waals surface area contributed by atoms with E-state index in [0.717, 1.165) is 5.69 Å². The van der Waals surface area contributed by atoms with Gasteiger partial charge in [0.05, 0.1) is 6.10 Å². The fraction of sp³-hybridized carbons (Fsp3) is 0.643. The molecule has 0 spiro atoms. The average molecular weight is 294 g/mol. The Balaban J connectivity index is 1.88. The van der Waals surface area contributed by atoms with Gasteiger partial charge in [-0.15, -0.1) is 0 Å². The fourth-order valence-corrected chi connectivity index (χ4v) is 2.74. The number of nitrogens with two attached hydrogens (primary N) is 1. The second-order valence-corrected chi connectivity index (χ2v) is 5.66. The lowest BCUT2D eigenvalue weighted by Crippen LogP contribution is -2.35. The Morgan fingerprint density at radius 3 is 2.81 bits per heavy atom. The van der Waals surface area contributed by atoms with Gasteiger partial charge in [-0.1, -0.05) is 0 Å². The zero-order valence-electron chi connectivity index (χ0n) is 12.4. The van der Waals surface area contributed by atoms with E-state index in [9.17, 15) is 14.7 Å². The molecule has 21 heavy (non-hydrogen) atoms. The van der Waals surface area contributed by atoms with Crippen LogP contribution < -0.4 is 16.7 Å². The molecule has 0 radical (unpaired) electrons. The van der Waals surface area contributed by atoms with E-state index in [-0.39, 0.29) is 23.6 Å². The second-order valence-electron chi connectivity index (χ2n) is 5.66. The van der Waals surface area contributed by atoms with Crippen LogP contribution in [0.25, 0.3) is 0 Å². The summed E-state index contributed by atoms with van der Waals surface area (Å²) in [6.45, 7) is 4.34. The summed E-state index contributed by atoms with van der Waals surface area (Å²) < 4.78 is 1.53. The summed E-state index contributed by atoms with van der Waals surface area (Å²) in [7, 11) is 0. The standard InChI is InChI=1S/C14H22N4O3/c1-8-5-9(2)18(14(21)17-8)4-3-16-13(20)10-6-11(15)12(19)7-10/h5,10-12,19H,3-4,6-7,15H2,1-2H3,(H,16,20)/t10-,11+,12+/m0/s1. The van der Waals surface area contributed by atoms with E-state index in [1.165, 1.54) is 4.57 Å². The molecule has 1 saturated carbocycles. The smallest absolute Gasteiger partial charge is 0.348 e. The van der Waals surface area contributed by atoms with E-state index in [1.54, 1.807) is 6.92 Å². The van der Waals surface area contributed by atoms with Crippen LogP contribution in [0.1, 0.15) is 24.2 Å². The highest BCUT2D eigenvalue weighted by Crippen LogP contribution is 2.24. The number of aromatic nitrogens is 2. The molecular weight excluding hydrogens is 272 g/mol. The number of aliphatic hydroxyl groups is 1. The molecule has 4 N–H and O–H groups in total. The Bertz CT molecular complexity index is 574. The van der Waals surface area contributed by atoms with Crippen LogP contribution in [0.2, 0.25) is 0 Å². The summed E-state index contributed by atoms with van der Waals surface area (Å²) in [5, 5.41) is 12.4. The van der Waals surface area contributed by atoms with Crippen molar-refractivity contribution >= 4 is 5.91 Å². The molecular formula is C14H22N4O3. The van der Waals surface area contributed by atoms with Crippen LogP contribution in [0.3, 0.4) is 0 Å². The van der Waals surface area contributed by atoms with Crippen molar-refractivity contribution in [3.05, 3.63) is 27.9 Å². The fourth-order valence-electron chi connectivity index (χ4n) is 2.74. The van der Waals surface area contributed by atoms with Crippen LogP contribution in [-0.4, -0.2) is 39.3 Å². The zero-order chi connectivity index (χ0) is 15.6. The van der Waals surface area contributed by atoms with Crippen molar-refractivity contribution in [2.45, 2.75) is 45.4 Å². The Morgan fingerprint density at radius 1 is 1.52 bits per heavy atom. The maximum absolute atomic E-state index is 12.0. The van der Waals surface area contributed by atoms with E-state index in [1.807, 2.05) is 13.0 Å². The van der Waals surface area contributed by atoms with Crippen molar-refractivity contribution in [3.8, 4) is 0 Å². The predicted molar refractivity (Wildman–Crippen MR) is 77.7 cm³/mol. The van der Waals surface area contributed by atoms with Crippen LogP contribution in [0.5, 0.6) is 0 Å². The molecule has 1 aromatic heterocycles. The molecule has 1 aliphatic carbocycles. The number of rotatable bonds is 4. The molecule has 1 aromatic rings. The highest BCUT2D eigenvalue weighted by molar-refractivity contribution is 5.79. The number of hydrogen-bond donors (Lipinski definition) is 3. The van der Waals surface area contributed by atoms with E-state index >= 15 is 0 Å². The van der Waals surface area contributed by atoms with Crippen molar-refractivity contribution in [2.75, 3.05) is 6.54 Å². The van der Waals surface area contributed by atoms with Gasteiger partial charge in [0.2, 0.25) is 5.91 Å². The third kappa shape index (κ3) is 3.68. The van der Waals surface area contributed by atoms with E-state index in [2.05, 4.69) is 10.3 Å². The predicted octanol–water partition coefficient (Wildman–Crippen LogP) is -0.925. The van der Waals surface area contributed by atoms with E-state index in [4.69, 9.17) is 5.73 Å². The first-order chi connectivity index (χ1) is 9.88. The third-order valence-corrected chi connectivity index (χ3v) is 3.93. The second kappa shape index (κ2) is 6.36. The minimum Gasteiger partial charge on any atom is -0.391 e. The van der Waals surface area contributed by atoms with Gasteiger partial charge < -0.3 is 16.2 Å². The lowest BCUT2D eigenvalue weighted by molar-refractivity contribution is -0.125. The van der Waals surface area contributed by atoms with Crippen molar-refractivity contribution in [3.63, 3.8) is 0 Å². The van der Waals surface area contributed by atoms with Gasteiger partial charge in [0, 0.05) is 36.4 Å². The van der Waals surface area contributed by atoms with Crippen LogP contribution in [0.4, 0.5) is 0 Å². The molecule has 1 amide bonds. The molecule has 0 aromatic carbocycles. The van der Waals surface area contributed by atoms with Gasteiger partial charge in [0.1, 0.15) is 0 Å². The van der Waals surface area contributed by atoms with Gasteiger partial charge in [-0.2, -0.15) is 4.98 Å². The topological polar surface area (TPSA) is 110 Å². The first-order valence-corrected chi connectivity index (χ1v) is 7.15. The number of carbonyl (C=O) groups excluding carboxylic acids is 1. The summed E-state index contributed by atoms with van der Waals surface area (Å²) in [6.07, 6.45) is 0.294. The van der Waals surface area contributed by atoms with Crippen molar-refractivity contribution < 1.29 is 9.90 Å². The van der Waals surface area contributed by atoms with Gasteiger partial charge in [-0.25, -0.2) is 4.79 Å². The maximum atomic E-state index is 12.0. The number of nitrogens with one attached hydrogen (secondary N) is 1. The number of aliphatic hydroxyl groups excluding tert-OH is 1. The van der Waals surface area contributed by atoms with E-state index in [0.29, 0.717) is 31.6 Å². The molecule has 0 saturated heterocycles. The third-order valence-electron chi connectivity index (χ3n) is 3.93. The number of carbonyl (C=O) groups is 1. The summed E-state index contributed by atoms with van der Waals surface area (Å²) in [5.74, 6) is -0.364. The van der Waals surface area contributed by atoms with Gasteiger partial charge in [0.15, 0.2) is 0 Å². The SMILES string of the molecule is Cc1cc(C)n(CCNC(=O)[C@H]2C[C@@H](N)[C@H](O)C2)c(=O)n1. The number of aryl methyl sites for hydroxylation is 2. The van der Waals surface area contributed by atoms with Crippen LogP contribution in [0.15, 0.2) is 10.9 Å². The molecule has 116 valence electrons. The zero-order valence-corrected chi connectivity index (χ0v) is 12.4. The largest absolute Gasteiger partial charge is 0.391 e. The quantitative estimate of drug-likeness (QED) is 0.665. The highest BCUT2D eigenvalue weighted by atomic mass is 16.3. The van der Waals surface area contributed by atoms with Crippen LogP contribution in [0, 0.1) is 19.8 Å². The molecule has 1 heterocycles. The summed E-state index contributed by atoms with van der Waals surface area (Å²) in [6, 6.07) is 1.50. The first-order valence-electron chi connectivity index (χ1n) is 7.15. The minimum atomic E-state index is -0.605. The summed E-state index contributed by atoms with van der Waals surface area (Å²) in [4.78, 5) is 27.6. The Kier molecular flexibility index (Phi) is 4.74. The Labute approximate surface area is 123 Å². The van der Waals surface area contributed by atoms with Crippen molar-refractivity contribution in [2.24, 2.45) is 11.7 Å². The molecule has 7 nitrogen and oxygen atoms in total. The van der Waals surface area contributed by atoms with Gasteiger partial charge in [-0.3, -0.25) is 9.36 Å². The average Bonchev–Trinajstić information content (AvgIpc) is 2.72. The minimum absolute atomic E-state index is 0.118. The van der Waals surface area contributed by atoms with Crippen molar-refractivity contribution in [1.82, 2.24) is 14.9 Å². The molecule has 0 unspecified atom stereocenters. The lowest BCUT2D eigenvalue weighted by atomic mass is 10.1. The van der Waals surface area contributed by atoms with Gasteiger partial charge >= 0.3 is 5.69 Å². The number of nitrogens with zero attached hydrogens (tertiary/aromatic N) is 2. The Morgan fingerprint density at radius 2 is 2.24 bits per heavy atom. The number of amides is 1. The molecule has 0 aliphatic heterocycles. The van der Waals surface area contributed by atoms with E-state index < -0.39 is 6.10 Å². The molecule has 1 aliphatic rings. The van der Waals surface area contributed by atoms with Gasteiger partial charge in [0.25, 0.3) is 0 Å². The molecule has 1 fully saturated rings. The number of hydrogen-bond acceptors (Lipinski definition) is 5.